The standard InChI is InChI=1S/C13H17N3O3/c1-7-9(3-2-4-10(7)17)13(18)15-11(8-5-6-8)12(14)16-19/h2-4,8,11,17,19H,5-6H2,1H3,(H2,14,16)(H,15,18). The summed E-state index contributed by atoms with van der Waals surface area (Å²) in [6.07, 6.45) is 1.89. The molecule has 1 saturated carbocycles. The minimum absolute atomic E-state index is 0.00801. The molecule has 1 fully saturated rings. The zero-order valence-corrected chi connectivity index (χ0v) is 10.6. The maximum Gasteiger partial charge on any atom is 0.252 e. The van der Waals surface area contributed by atoms with E-state index in [9.17, 15) is 9.90 Å². The summed E-state index contributed by atoms with van der Waals surface area (Å²) in [5.41, 5.74) is 6.48. The summed E-state index contributed by atoms with van der Waals surface area (Å²) in [6.45, 7) is 1.67. The van der Waals surface area contributed by atoms with E-state index in [1.54, 1.807) is 19.1 Å². The van der Waals surface area contributed by atoms with E-state index in [-0.39, 0.29) is 23.4 Å². The van der Waals surface area contributed by atoms with Crippen LogP contribution in [0.2, 0.25) is 0 Å². The molecular formula is C13H17N3O3. The number of nitrogens with one attached hydrogen (secondary N) is 1. The van der Waals surface area contributed by atoms with Crippen LogP contribution in [0.25, 0.3) is 0 Å². The molecule has 6 heteroatoms. The monoisotopic (exact) mass is 263 g/mol. The molecule has 1 aliphatic carbocycles. The molecule has 0 spiro atoms. The van der Waals surface area contributed by atoms with Gasteiger partial charge >= 0.3 is 0 Å². The lowest BCUT2D eigenvalue weighted by molar-refractivity contribution is 0.0942. The SMILES string of the molecule is Cc1c(O)cccc1C(=O)NC(/C(N)=N/O)C1CC1. The summed E-state index contributed by atoms with van der Waals surface area (Å²) in [4.78, 5) is 12.2. The first-order valence-electron chi connectivity index (χ1n) is 6.11. The van der Waals surface area contributed by atoms with Crippen LogP contribution in [0.1, 0.15) is 28.8 Å². The number of hydrogen-bond donors (Lipinski definition) is 4. The highest BCUT2D eigenvalue weighted by Gasteiger charge is 2.35. The molecule has 1 amide bonds. The molecule has 0 aliphatic heterocycles. The number of rotatable bonds is 4. The van der Waals surface area contributed by atoms with E-state index in [2.05, 4.69) is 10.5 Å². The van der Waals surface area contributed by atoms with E-state index < -0.39 is 6.04 Å². The van der Waals surface area contributed by atoms with Crippen LogP contribution in [0.3, 0.4) is 0 Å². The third-order valence-electron chi connectivity index (χ3n) is 3.36. The number of carbonyl (C=O) groups is 1. The number of nitrogens with zero attached hydrogens (tertiary/aromatic N) is 1. The Morgan fingerprint density at radius 1 is 1.53 bits per heavy atom. The van der Waals surface area contributed by atoms with Crippen molar-refractivity contribution in [3.63, 3.8) is 0 Å². The lowest BCUT2D eigenvalue weighted by Crippen LogP contribution is -2.46. The van der Waals surface area contributed by atoms with Crippen LogP contribution in [0, 0.1) is 12.8 Å². The molecule has 0 heterocycles. The van der Waals surface area contributed by atoms with E-state index >= 15 is 0 Å². The summed E-state index contributed by atoms with van der Waals surface area (Å²) in [5.74, 6) is -0.0394. The van der Waals surface area contributed by atoms with E-state index in [0.717, 1.165) is 12.8 Å². The van der Waals surface area contributed by atoms with Gasteiger partial charge in [-0.1, -0.05) is 11.2 Å². The lowest BCUT2D eigenvalue weighted by atomic mass is 10.1. The van der Waals surface area contributed by atoms with Crippen LogP contribution < -0.4 is 11.1 Å². The first-order chi connectivity index (χ1) is 9.04. The van der Waals surface area contributed by atoms with Gasteiger partial charge in [0.05, 0.1) is 6.04 Å². The number of amidine groups is 1. The third kappa shape index (κ3) is 2.78. The Balaban J connectivity index is 2.17. The van der Waals surface area contributed by atoms with Crippen LogP contribution in [0.5, 0.6) is 5.75 Å². The number of nitrogens with two attached hydrogens (primary N) is 1. The summed E-state index contributed by atoms with van der Waals surface area (Å²) < 4.78 is 0. The van der Waals surface area contributed by atoms with Gasteiger partial charge in [-0.05, 0) is 37.8 Å². The second-order valence-electron chi connectivity index (χ2n) is 4.76. The Morgan fingerprint density at radius 3 is 2.79 bits per heavy atom. The number of phenols is 1. The fourth-order valence-electron chi connectivity index (χ4n) is 2.01. The van der Waals surface area contributed by atoms with Crippen molar-refractivity contribution in [3.05, 3.63) is 29.3 Å². The molecule has 0 radical (unpaired) electrons. The molecule has 0 saturated heterocycles. The van der Waals surface area contributed by atoms with E-state index in [4.69, 9.17) is 10.9 Å². The molecule has 1 aromatic carbocycles. The molecule has 2 rings (SSSR count). The molecule has 19 heavy (non-hydrogen) atoms. The number of phenolic OH excluding ortho intramolecular Hbond substituents is 1. The fourth-order valence-corrected chi connectivity index (χ4v) is 2.01. The summed E-state index contributed by atoms with van der Waals surface area (Å²) in [7, 11) is 0. The van der Waals surface area contributed by atoms with Crippen LogP contribution in [0.4, 0.5) is 0 Å². The number of carbonyl (C=O) groups excluding carboxylic acids is 1. The Morgan fingerprint density at radius 2 is 2.21 bits per heavy atom. The minimum Gasteiger partial charge on any atom is -0.508 e. The van der Waals surface area contributed by atoms with Crippen molar-refractivity contribution in [1.29, 1.82) is 0 Å². The molecule has 0 bridgehead atoms. The molecule has 1 aliphatic rings. The van der Waals surface area contributed by atoms with Crippen molar-refractivity contribution in [2.24, 2.45) is 16.8 Å². The summed E-state index contributed by atoms with van der Waals surface area (Å²) in [6, 6.07) is 4.29. The van der Waals surface area contributed by atoms with Gasteiger partial charge in [0, 0.05) is 11.1 Å². The van der Waals surface area contributed by atoms with Gasteiger partial charge in [-0.2, -0.15) is 0 Å². The Bertz CT molecular complexity index is 524. The molecule has 5 N–H and O–H groups in total. The summed E-state index contributed by atoms with van der Waals surface area (Å²) >= 11 is 0. The van der Waals surface area contributed by atoms with Crippen LogP contribution >= 0.6 is 0 Å². The van der Waals surface area contributed by atoms with Gasteiger partial charge in [0.25, 0.3) is 5.91 Å². The lowest BCUT2D eigenvalue weighted by Gasteiger charge is -2.17. The second-order valence-corrected chi connectivity index (χ2v) is 4.76. The maximum atomic E-state index is 12.2. The van der Waals surface area contributed by atoms with E-state index in [1.165, 1.54) is 6.07 Å². The van der Waals surface area contributed by atoms with Gasteiger partial charge in [0.1, 0.15) is 5.75 Å². The second kappa shape index (κ2) is 5.17. The molecule has 6 nitrogen and oxygen atoms in total. The molecule has 102 valence electrons. The number of benzene rings is 1. The average Bonchev–Trinajstić information content (AvgIpc) is 3.22. The Labute approximate surface area is 110 Å². The van der Waals surface area contributed by atoms with Crippen molar-refractivity contribution in [2.45, 2.75) is 25.8 Å². The smallest absolute Gasteiger partial charge is 0.252 e. The molecule has 1 aromatic rings. The van der Waals surface area contributed by atoms with Crippen molar-refractivity contribution in [1.82, 2.24) is 5.32 Å². The first kappa shape index (κ1) is 13.2. The molecular weight excluding hydrogens is 246 g/mol. The van der Waals surface area contributed by atoms with E-state index in [1.807, 2.05) is 0 Å². The topological polar surface area (TPSA) is 108 Å². The Hall–Kier alpha value is -2.24. The van der Waals surface area contributed by atoms with Crippen molar-refractivity contribution in [3.8, 4) is 5.75 Å². The molecule has 1 unspecified atom stereocenters. The zero-order valence-electron chi connectivity index (χ0n) is 10.6. The normalized spacial score (nSPS) is 17.0. The average molecular weight is 263 g/mol. The number of aromatic hydroxyl groups is 1. The molecule has 1 atom stereocenters. The zero-order chi connectivity index (χ0) is 14.0. The number of oxime groups is 1. The predicted octanol–water partition coefficient (Wildman–Crippen LogP) is 0.955. The Kier molecular flexibility index (Phi) is 3.59. The first-order valence-corrected chi connectivity index (χ1v) is 6.11. The highest BCUT2D eigenvalue weighted by molar-refractivity contribution is 5.99. The molecule has 0 aromatic heterocycles. The van der Waals surface area contributed by atoms with Crippen molar-refractivity contribution < 1.29 is 15.1 Å². The van der Waals surface area contributed by atoms with Gasteiger partial charge in [-0.3, -0.25) is 4.79 Å². The maximum absolute atomic E-state index is 12.2. The van der Waals surface area contributed by atoms with Crippen LogP contribution in [-0.4, -0.2) is 28.1 Å². The quantitative estimate of drug-likeness (QED) is 0.281. The van der Waals surface area contributed by atoms with Crippen LogP contribution in [0.15, 0.2) is 23.4 Å². The van der Waals surface area contributed by atoms with Gasteiger partial charge in [0.2, 0.25) is 0 Å². The van der Waals surface area contributed by atoms with Gasteiger partial charge in [-0.15, -0.1) is 0 Å². The fraction of sp³-hybridized carbons (Fsp3) is 0.385. The van der Waals surface area contributed by atoms with Gasteiger partial charge in [-0.25, -0.2) is 0 Å². The number of hydrogen-bond acceptors (Lipinski definition) is 4. The van der Waals surface area contributed by atoms with Crippen LogP contribution in [-0.2, 0) is 0 Å². The summed E-state index contributed by atoms with van der Waals surface area (Å²) in [5, 5.41) is 24.0. The van der Waals surface area contributed by atoms with Crippen molar-refractivity contribution >= 4 is 11.7 Å². The third-order valence-corrected chi connectivity index (χ3v) is 3.36. The van der Waals surface area contributed by atoms with E-state index in [0.29, 0.717) is 11.1 Å². The van der Waals surface area contributed by atoms with Crippen molar-refractivity contribution in [2.75, 3.05) is 0 Å². The highest BCUT2D eigenvalue weighted by Crippen LogP contribution is 2.33. The van der Waals surface area contributed by atoms with Gasteiger partial charge < -0.3 is 21.4 Å². The van der Waals surface area contributed by atoms with Gasteiger partial charge in [0.15, 0.2) is 5.84 Å². The predicted molar refractivity (Wildman–Crippen MR) is 70.2 cm³/mol. The number of amides is 1. The minimum atomic E-state index is -0.459. The largest absolute Gasteiger partial charge is 0.508 e. The highest BCUT2D eigenvalue weighted by atomic mass is 16.4.